The molecule has 2 atom stereocenters. The summed E-state index contributed by atoms with van der Waals surface area (Å²) < 4.78 is 0. The zero-order valence-electron chi connectivity index (χ0n) is 11.8. The number of amides is 1. The maximum absolute atomic E-state index is 12.1. The predicted molar refractivity (Wildman–Crippen MR) is 71.6 cm³/mol. The summed E-state index contributed by atoms with van der Waals surface area (Å²) in [5.41, 5.74) is 6.08. The maximum atomic E-state index is 12.1. The second kappa shape index (κ2) is 5.85. The van der Waals surface area contributed by atoms with Crippen LogP contribution in [0.1, 0.15) is 53.4 Å². The van der Waals surface area contributed by atoms with E-state index in [-0.39, 0.29) is 17.4 Å². The largest absolute Gasteiger partial charge is 0.342 e. The second-order valence-electron chi connectivity index (χ2n) is 6.46. The smallest absolute Gasteiger partial charge is 0.224 e. The molecule has 1 amide bonds. The summed E-state index contributed by atoms with van der Waals surface area (Å²) in [4.78, 5) is 14.1. The third kappa shape index (κ3) is 4.30. The van der Waals surface area contributed by atoms with Crippen molar-refractivity contribution in [3.05, 3.63) is 0 Å². The Morgan fingerprint density at radius 3 is 2.65 bits per heavy atom. The fourth-order valence-corrected chi connectivity index (χ4v) is 2.33. The van der Waals surface area contributed by atoms with E-state index in [0.717, 1.165) is 19.0 Å². The molecule has 1 aliphatic rings. The van der Waals surface area contributed by atoms with Gasteiger partial charge in [0.05, 0.1) is 0 Å². The lowest BCUT2D eigenvalue weighted by Gasteiger charge is -2.28. The summed E-state index contributed by atoms with van der Waals surface area (Å²) in [6, 6.07) is -0.0415. The van der Waals surface area contributed by atoms with E-state index in [1.165, 1.54) is 19.3 Å². The van der Waals surface area contributed by atoms with Gasteiger partial charge in [-0.05, 0) is 24.2 Å². The Kier molecular flexibility index (Phi) is 4.99. The summed E-state index contributed by atoms with van der Waals surface area (Å²) in [7, 11) is 0. The van der Waals surface area contributed by atoms with Crippen LogP contribution in [0.5, 0.6) is 0 Å². The average Bonchev–Trinajstić information content (AvgIpc) is 2.65. The Balaban J connectivity index is 2.39. The molecular weight excluding hydrogens is 212 g/mol. The number of carbonyl (C=O) groups excluding carboxylic acids is 1. The number of nitrogens with two attached hydrogens (primary N) is 1. The summed E-state index contributed by atoms with van der Waals surface area (Å²) in [6.07, 6.45) is 4.12. The molecule has 3 nitrogen and oxygen atoms in total. The van der Waals surface area contributed by atoms with Gasteiger partial charge in [-0.25, -0.2) is 0 Å². The van der Waals surface area contributed by atoms with Gasteiger partial charge in [0.25, 0.3) is 0 Å². The number of hydrogen-bond acceptors (Lipinski definition) is 2. The van der Waals surface area contributed by atoms with Gasteiger partial charge in [-0.2, -0.15) is 0 Å². The Morgan fingerprint density at radius 1 is 1.47 bits per heavy atom. The van der Waals surface area contributed by atoms with Crippen LogP contribution in [0.15, 0.2) is 0 Å². The first-order valence-electron chi connectivity index (χ1n) is 6.88. The lowest BCUT2D eigenvalue weighted by Crippen LogP contribution is -2.41. The molecule has 2 N–H and O–H groups in total. The molecule has 1 heterocycles. The molecule has 0 aromatic heterocycles. The molecule has 3 heteroatoms. The SMILES string of the molecule is CCCC1CCN(C(=O)CC(N)C(C)(C)C)C1. The van der Waals surface area contributed by atoms with Gasteiger partial charge < -0.3 is 10.6 Å². The Bertz CT molecular complexity index is 257. The first-order chi connectivity index (χ1) is 7.84. The molecule has 1 saturated heterocycles. The highest BCUT2D eigenvalue weighted by Crippen LogP contribution is 2.24. The molecule has 100 valence electrons. The van der Waals surface area contributed by atoms with Crippen LogP contribution in [0.4, 0.5) is 0 Å². The first-order valence-corrected chi connectivity index (χ1v) is 6.88. The van der Waals surface area contributed by atoms with Crippen LogP contribution >= 0.6 is 0 Å². The van der Waals surface area contributed by atoms with Gasteiger partial charge in [0.2, 0.25) is 5.91 Å². The van der Waals surface area contributed by atoms with Crippen LogP contribution in [0.25, 0.3) is 0 Å². The molecule has 17 heavy (non-hydrogen) atoms. The van der Waals surface area contributed by atoms with E-state index in [1.807, 2.05) is 4.90 Å². The van der Waals surface area contributed by atoms with Gasteiger partial charge in [-0.1, -0.05) is 34.1 Å². The van der Waals surface area contributed by atoms with Crippen LogP contribution in [0, 0.1) is 11.3 Å². The molecule has 0 aliphatic carbocycles. The number of nitrogens with zero attached hydrogens (tertiary/aromatic N) is 1. The predicted octanol–water partition coefficient (Wildman–Crippen LogP) is 2.40. The Labute approximate surface area is 106 Å². The molecule has 0 aromatic rings. The topological polar surface area (TPSA) is 46.3 Å². The molecule has 1 aliphatic heterocycles. The zero-order chi connectivity index (χ0) is 13.1. The third-order valence-electron chi connectivity index (χ3n) is 3.84. The van der Waals surface area contributed by atoms with Crippen molar-refractivity contribution in [2.75, 3.05) is 13.1 Å². The van der Waals surface area contributed by atoms with Crippen molar-refractivity contribution in [2.24, 2.45) is 17.1 Å². The number of rotatable bonds is 4. The molecule has 0 aromatic carbocycles. The van der Waals surface area contributed by atoms with E-state index in [2.05, 4.69) is 27.7 Å². The number of likely N-dealkylation sites (tertiary alicyclic amines) is 1. The zero-order valence-corrected chi connectivity index (χ0v) is 11.8. The van der Waals surface area contributed by atoms with Crippen LogP contribution < -0.4 is 5.73 Å². The number of carbonyl (C=O) groups is 1. The highest BCUT2D eigenvalue weighted by atomic mass is 16.2. The quantitative estimate of drug-likeness (QED) is 0.820. The van der Waals surface area contributed by atoms with Gasteiger partial charge in [0.15, 0.2) is 0 Å². The second-order valence-corrected chi connectivity index (χ2v) is 6.46. The monoisotopic (exact) mass is 240 g/mol. The first kappa shape index (κ1) is 14.5. The highest BCUT2D eigenvalue weighted by Gasteiger charge is 2.29. The summed E-state index contributed by atoms with van der Waals surface area (Å²) in [5.74, 6) is 0.959. The van der Waals surface area contributed by atoms with E-state index < -0.39 is 0 Å². The summed E-state index contributed by atoms with van der Waals surface area (Å²) in [5, 5.41) is 0. The van der Waals surface area contributed by atoms with Crippen molar-refractivity contribution < 1.29 is 4.79 Å². The van der Waals surface area contributed by atoms with Crippen molar-refractivity contribution >= 4 is 5.91 Å². The van der Waals surface area contributed by atoms with E-state index in [4.69, 9.17) is 5.73 Å². The van der Waals surface area contributed by atoms with Crippen LogP contribution in [-0.4, -0.2) is 29.9 Å². The van der Waals surface area contributed by atoms with Gasteiger partial charge in [-0.15, -0.1) is 0 Å². The lowest BCUT2D eigenvalue weighted by atomic mass is 9.85. The number of hydrogen-bond donors (Lipinski definition) is 1. The van der Waals surface area contributed by atoms with Crippen molar-refractivity contribution in [3.8, 4) is 0 Å². The minimum Gasteiger partial charge on any atom is -0.342 e. The van der Waals surface area contributed by atoms with Gasteiger partial charge in [0.1, 0.15) is 0 Å². The summed E-state index contributed by atoms with van der Waals surface area (Å²) >= 11 is 0. The molecule has 0 bridgehead atoms. The highest BCUT2D eigenvalue weighted by molar-refractivity contribution is 5.77. The fraction of sp³-hybridized carbons (Fsp3) is 0.929. The van der Waals surface area contributed by atoms with Gasteiger partial charge >= 0.3 is 0 Å². The maximum Gasteiger partial charge on any atom is 0.224 e. The minimum atomic E-state index is -0.0415. The molecule has 0 radical (unpaired) electrons. The van der Waals surface area contributed by atoms with Crippen molar-refractivity contribution in [2.45, 2.75) is 59.4 Å². The van der Waals surface area contributed by atoms with Gasteiger partial charge in [-0.3, -0.25) is 4.79 Å². The van der Waals surface area contributed by atoms with Crippen molar-refractivity contribution in [3.63, 3.8) is 0 Å². The molecule has 1 rings (SSSR count). The normalized spacial score (nSPS) is 22.9. The van der Waals surface area contributed by atoms with E-state index in [0.29, 0.717) is 6.42 Å². The Morgan fingerprint density at radius 2 is 2.12 bits per heavy atom. The average molecular weight is 240 g/mol. The van der Waals surface area contributed by atoms with Gasteiger partial charge in [0, 0.05) is 25.6 Å². The molecule has 0 spiro atoms. The minimum absolute atomic E-state index is 0.0121. The van der Waals surface area contributed by atoms with E-state index >= 15 is 0 Å². The van der Waals surface area contributed by atoms with Crippen LogP contribution in [0.2, 0.25) is 0 Å². The summed E-state index contributed by atoms with van der Waals surface area (Å²) in [6.45, 7) is 10.4. The van der Waals surface area contributed by atoms with Crippen LogP contribution in [0.3, 0.4) is 0 Å². The van der Waals surface area contributed by atoms with Crippen LogP contribution in [-0.2, 0) is 4.79 Å². The van der Waals surface area contributed by atoms with Crippen molar-refractivity contribution in [1.82, 2.24) is 4.90 Å². The molecule has 1 fully saturated rings. The van der Waals surface area contributed by atoms with E-state index in [1.54, 1.807) is 0 Å². The standard InChI is InChI=1S/C14H28N2O/c1-5-6-11-7-8-16(10-11)13(17)9-12(15)14(2,3)4/h11-12H,5-10,15H2,1-4H3. The molecular formula is C14H28N2O. The molecule has 2 unspecified atom stereocenters. The Hall–Kier alpha value is -0.570. The fourth-order valence-electron chi connectivity index (χ4n) is 2.33. The lowest BCUT2D eigenvalue weighted by molar-refractivity contribution is -0.131. The van der Waals surface area contributed by atoms with E-state index in [9.17, 15) is 4.79 Å². The molecule has 0 saturated carbocycles. The van der Waals surface area contributed by atoms with Crippen molar-refractivity contribution in [1.29, 1.82) is 0 Å². The third-order valence-corrected chi connectivity index (χ3v) is 3.84.